The summed E-state index contributed by atoms with van der Waals surface area (Å²) >= 11 is 12.1. The van der Waals surface area contributed by atoms with Crippen LogP contribution < -0.4 is 16.2 Å². The van der Waals surface area contributed by atoms with Crippen molar-refractivity contribution < 1.29 is 29.0 Å². The van der Waals surface area contributed by atoms with Gasteiger partial charge in [0, 0.05) is 22.3 Å². The van der Waals surface area contributed by atoms with Gasteiger partial charge in [0.25, 0.3) is 0 Å². The first kappa shape index (κ1) is 27.8. The Morgan fingerprint density at radius 3 is 2.51 bits per heavy atom. The summed E-state index contributed by atoms with van der Waals surface area (Å²) in [6.07, 6.45) is 3.09. The van der Waals surface area contributed by atoms with E-state index in [9.17, 15) is 19.6 Å². The summed E-state index contributed by atoms with van der Waals surface area (Å²) in [4.78, 5) is 39.9. The molecule has 0 bridgehead atoms. The number of benzene rings is 2. The molecule has 0 saturated carbocycles. The van der Waals surface area contributed by atoms with E-state index in [4.69, 9.17) is 43.1 Å². The standard InChI is InChI=1S/C26H22Cl2N4O7/c27-16-3-7-19(20(28)13-16)25(31-36)15-1-4-17(5-2-15)39-24(34)10-9-23(33)37-14-18-6-8-22(38-18)32-12-11-21(29)30-26(32)35/h1-8,11-13,18,22,36H,9-10,14H2,(H2,29,30,35)/b31-25-. The molecule has 2 heterocycles. The molecule has 0 fully saturated rings. The average molecular weight is 573 g/mol. The molecule has 0 radical (unpaired) electrons. The Bertz CT molecular complexity index is 1490. The summed E-state index contributed by atoms with van der Waals surface area (Å²) in [5.41, 5.74) is 6.12. The lowest BCUT2D eigenvalue weighted by Crippen LogP contribution is -2.28. The van der Waals surface area contributed by atoms with Gasteiger partial charge in [-0.25, -0.2) is 4.79 Å². The van der Waals surface area contributed by atoms with Crippen LogP contribution in [0.25, 0.3) is 0 Å². The van der Waals surface area contributed by atoms with Crippen LogP contribution in [0.5, 0.6) is 5.75 Å². The number of carbonyl (C=O) groups is 2. The van der Waals surface area contributed by atoms with Crippen LogP contribution in [0.4, 0.5) is 5.82 Å². The second kappa shape index (κ2) is 12.6. The molecule has 3 aromatic rings. The molecule has 13 heteroatoms. The van der Waals surface area contributed by atoms with Gasteiger partial charge in [-0.3, -0.25) is 14.2 Å². The van der Waals surface area contributed by atoms with E-state index in [2.05, 4.69) is 10.1 Å². The summed E-state index contributed by atoms with van der Waals surface area (Å²) in [7, 11) is 0. The first-order valence-corrected chi connectivity index (χ1v) is 12.3. The van der Waals surface area contributed by atoms with Gasteiger partial charge < -0.3 is 25.2 Å². The molecule has 4 rings (SSSR count). The fraction of sp³-hybridized carbons (Fsp3) is 0.192. The Morgan fingerprint density at radius 2 is 1.82 bits per heavy atom. The van der Waals surface area contributed by atoms with E-state index < -0.39 is 30.0 Å². The number of nitrogen functional groups attached to an aromatic ring is 1. The molecule has 1 aliphatic heterocycles. The van der Waals surface area contributed by atoms with E-state index in [0.29, 0.717) is 21.2 Å². The number of hydrogen-bond acceptors (Lipinski definition) is 10. The molecule has 0 spiro atoms. The summed E-state index contributed by atoms with van der Waals surface area (Å²) in [6, 6.07) is 12.5. The third-order valence-corrected chi connectivity index (χ3v) is 6.07. The van der Waals surface area contributed by atoms with Crippen molar-refractivity contribution in [2.24, 2.45) is 5.16 Å². The van der Waals surface area contributed by atoms with Gasteiger partial charge in [0.1, 0.15) is 30.0 Å². The molecule has 202 valence electrons. The predicted octanol–water partition coefficient (Wildman–Crippen LogP) is 3.74. The molecular weight excluding hydrogens is 551 g/mol. The van der Waals surface area contributed by atoms with Gasteiger partial charge in [-0.15, -0.1) is 0 Å². The first-order chi connectivity index (χ1) is 18.7. The topological polar surface area (TPSA) is 155 Å². The molecule has 0 aliphatic carbocycles. The Labute approximate surface area is 232 Å². The van der Waals surface area contributed by atoms with Crippen LogP contribution in [0.3, 0.4) is 0 Å². The number of ether oxygens (including phenoxy) is 3. The number of carbonyl (C=O) groups excluding carboxylic acids is 2. The maximum Gasteiger partial charge on any atom is 0.351 e. The SMILES string of the molecule is Nc1ccn(C2C=CC(COC(=O)CCC(=O)Oc3ccc(/C(=N/O)c4ccc(Cl)cc4Cl)cc3)O2)c(=O)n1. The zero-order valence-corrected chi connectivity index (χ0v) is 21.7. The molecule has 39 heavy (non-hydrogen) atoms. The number of halogens is 2. The number of nitrogens with zero attached hydrogens (tertiary/aromatic N) is 3. The number of hydrogen-bond donors (Lipinski definition) is 2. The largest absolute Gasteiger partial charge is 0.463 e. The summed E-state index contributed by atoms with van der Waals surface area (Å²) < 4.78 is 17.3. The smallest absolute Gasteiger partial charge is 0.351 e. The molecule has 2 aromatic carbocycles. The molecule has 1 aromatic heterocycles. The Balaban J connectivity index is 1.22. The van der Waals surface area contributed by atoms with Crippen molar-refractivity contribution in [2.75, 3.05) is 12.3 Å². The van der Waals surface area contributed by atoms with Crippen molar-refractivity contribution in [2.45, 2.75) is 25.2 Å². The van der Waals surface area contributed by atoms with Crippen molar-refractivity contribution in [3.63, 3.8) is 0 Å². The van der Waals surface area contributed by atoms with Crippen LogP contribution in [0, 0.1) is 0 Å². The normalized spacial score (nSPS) is 16.7. The number of oxime groups is 1. The minimum Gasteiger partial charge on any atom is -0.463 e. The minimum absolute atomic E-state index is 0.0914. The highest BCUT2D eigenvalue weighted by Gasteiger charge is 2.23. The van der Waals surface area contributed by atoms with E-state index >= 15 is 0 Å². The molecule has 0 saturated heterocycles. The Kier molecular flexibility index (Phi) is 8.97. The monoisotopic (exact) mass is 572 g/mol. The molecule has 0 amide bonds. The van der Waals surface area contributed by atoms with Crippen molar-refractivity contribution in [1.82, 2.24) is 9.55 Å². The summed E-state index contributed by atoms with van der Waals surface area (Å²) in [5, 5.41) is 13.6. The van der Waals surface area contributed by atoms with Crippen LogP contribution >= 0.6 is 23.2 Å². The minimum atomic E-state index is -0.696. The van der Waals surface area contributed by atoms with Crippen LogP contribution in [-0.2, 0) is 19.1 Å². The van der Waals surface area contributed by atoms with Gasteiger partial charge in [-0.05, 0) is 54.6 Å². The van der Waals surface area contributed by atoms with E-state index in [1.807, 2.05) is 0 Å². The van der Waals surface area contributed by atoms with Crippen molar-refractivity contribution in [3.8, 4) is 5.75 Å². The zero-order valence-electron chi connectivity index (χ0n) is 20.2. The van der Waals surface area contributed by atoms with E-state index in [1.54, 1.807) is 36.4 Å². The van der Waals surface area contributed by atoms with Crippen LogP contribution in [0.15, 0.2) is 76.8 Å². The van der Waals surface area contributed by atoms with Gasteiger partial charge in [0.15, 0.2) is 6.23 Å². The fourth-order valence-corrected chi connectivity index (χ4v) is 4.12. The fourth-order valence-electron chi connectivity index (χ4n) is 3.62. The van der Waals surface area contributed by atoms with Gasteiger partial charge in [0.05, 0.1) is 17.9 Å². The second-order valence-electron chi connectivity index (χ2n) is 8.25. The third-order valence-electron chi connectivity index (χ3n) is 5.52. The van der Waals surface area contributed by atoms with Gasteiger partial charge in [0.2, 0.25) is 0 Å². The van der Waals surface area contributed by atoms with Crippen molar-refractivity contribution in [3.05, 3.63) is 98.5 Å². The zero-order chi connectivity index (χ0) is 27.9. The predicted molar refractivity (Wildman–Crippen MR) is 142 cm³/mol. The molecular formula is C26H22Cl2N4O7. The number of anilines is 1. The first-order valence-electron chi connectivity index (χ1n) is 11.6. The lowest BCUT2D eigenvalue weighted by molar-refractivity contribution is -0.150. The highest BCUT2D eigenvalue weighted by Crippen LogP contribution is 2.25. The lowest BCUT2D eigenvalue weighted by atomic mass is 10.0. The number of aromatic nitrogens is 2. The van der Waals surface area contributed by atoms with E-state index in [-0.39, 0.29) is 36.7 Å². The van der Waals surface area contributed by atoms with Crippen LogP contribution in [0.1, 0.15) is 30.2 Å². The van der Waals surface area contributed by atoms with Crippen LogP contribution in [-0.4, -0.2) is 45.1 Å². The lowest BCUT2D eigenvalue weighted by Gasteiger charge is -2.16. The molecule has 1 aliphatic rings. The second-order valence-corrected chi connectivity index (χ2v) is 9.09. The molecule has 11 nitrogen and oxygen atoms in total. The number of esters is 2. The van der Waals surface area contributed by atoms with Crippen molar-refractivity contribution in [1.29, 1.82) is 0 Å². The quantitative estimate of drug-likeness (QED) is 0.0973. The molecule has 2 unspecified atom stereocenters. The Hall–Kier alpha value is -4.19. The van der Waals surface area contributed by atoms with E-state index in [1.165, 1.54) is 35.0 Å². The highest BCUT2D eigenvalue weighted by molar-refractivity contribution is 6.37. The summed E-state index contributed by atoms with van der Waals surface area (Å²) in [6.45, 7) is -0.0914. The van der Waals surface area contributed by atoms with Crippen molar-refractivity contribution >= 4 is 46.7 Å². The number of nitrogens with two attached hydrogens (primary N) is 1. The van der Waals surface area contributed by atoms with Gasteiger partial charge in [-0.2, -0.15) is 4.98 Å². The molecule has 2 atom stereocenters. The summed E-state index contributed by atoms with van der Waals surface area (Å²) in [5.74, 6) is -0.912. The Morgan fingerprint density at radius 1 is 1.08 bits per heavy atom. The maximum atomic E-state index is 12.2. The van der Waals surface area contributed by atoms with Gasteiger partial charge >= 0.3 is 17.6 Å². The van der Waals surface area contributed by atoms with E-state index in [0.717, 1.165) is 0 Å². The van der Waals surface area contributed by atoms with Gasteiger partial charge in [-0.1, -0.05) is 34.4 Å². The number of rotatable bonds is 9. The highest BCUT2D eigenvalue weighted by atomic mass is 35.5. The van der Waals surface area contributed by atoms with Crippen LogP contribution in [0.2, 0.25) is 10.0 Å². The molecule has 3 N–H and O–H groups in total. The average Bonchev–Trinajstić information content (AvgIpc) is 3.37. The third kappa shape index (κ3) is 7.23. The maximum absolute atomic E-state index is 12.2.